The van der Waals surface area contributed by atoms with Crippen LogP contribution in [0.5, 0.6) is 0 Å². The largest absolute Gasteiger partial charge is 0.324 e. The first kappa shape index (κ1) is 23.4. The average Bonchev–Trinajstić information content (AvgIpc) is 3.73. The third kappa shape index (κ3) is 3.48. The van der Waals surface area contributed by atoms with Gasteiger partial charge in [-0.05, 0) is 0 Å². The molecule has 9 heteroatoms. The number of benzene rings is 4. The number of H-pyrrole nitrogens is 2. The fourth-order valence-corrected chi connectivity index (χ4v) is 5.59. The molecule has 0 spiro atoms. The van der Waals surface area contributed by atoms with Gasteiger partial charge in [-0.3, -0.25) is 0 Å². The van der Waals surface area contributed by atoms with E-state index in [0.717, 1.165) is 43.8 Å². The minimum absolute atomic E-state index is 0. The van der Waals surface area contributed by atoms with E-state index in [4.69, 9.17) is 29.9 Å². The molecule has 0 saturated heterocycles. The van der Waals surface area contributed by atoms with E-state index in [1.807, 2.05) is 97.1 Å². The van der Waals surface area contributed by atoms with E-state index in [2.05, 4.69) is 9.97 Å². The van der Waals surface area contributed by atoms with Crippen molar-refractivity contribution >= 4 is 56.5 Å². The maximum atomic E-state index is 5.02. The molecule has 0 aliphatic carbocycles. The summed E-state index contributed by atoms with van der Waals surface area (Å²) in [6.07, 6.45) is 0. The van der Waals surface area contributed by atoms with Gasteiger partial charge >= 0.3 is 0 Å². The van der Waals surface area contributed by atoms with Crippen molar-refractivity contribution in [2.45, 2.75) is 0 Å². The molecule has 5 heterocycles. The summed E-state index contributed by atoms with van der Waals surface area (Å²) in [5.41, 5.74) is 6.45. The molecule has 2 aliphatic rings. The Kier molecular flexibility index (Phi) is 5.01. The Hall–Kier alpha value is -5.47. The fraction of sp³-hybridized carbons (Fsp3) is 0. The molecule has 0 amide bonds. The van der Waals surface area contributed by atoms with Crippen LogP contribution >= 0.6 is 12.4 Å². The lowest BCUT2D eigenvalue weighted by Gasteiger charge is -1.96. The van der Waals surface area contributed by atoms with E-state index in [9.17, 15) is 0 Å². The number of nitrogens with zero attached hydrogens (tertiary/aromatic N) is 6. The Balaban J connectivity index is 0.00000256. The second-order valence-corrected chi connectivity index (χ2v) is 9.79. The zero-order chi connectivity index (χ0) is 26.2. The van der Waals surface area contributed by atoms with Crippen molar-refractivity contribution in [3.05, 3.63) is 97.1 Å². The van der Waals surface area contributed by atoms with E-state index < -0.39 is 0 Å². The van der Waals surface area contributed by atoms with E-state index in [-0.39, 0.29) is 12.4 Å². The van der Waals surface area contributed by atoms with Gasteiger partial charge in [0.05, 0.1) is 0 Å². The van der Waals surface area contributed by atoms with Crippen LogP contribution in [0.1, 0.15) is 0 Å². The Morgan fingerprint density at radius 2 is 0.561 bits per heavy atom. The summed E-state index contributed by atoms with van der Waals surface area (Å²) >= 11 is 0. The molecule has 3 aromatic heterocycles. The molecular formula is C32H19ClN8. The van der Waals surface area contributed by atoms with Crippen molar-refractivity contribution in [3.63, 3.8) is 0 Å². The summed E-state index contributed by atoms with van der Waals surface area (Å²) in [6.45, 7) is 0. The fourth-order valence-electron chi connectivity index (χ4n) is 5.59. The van der Waals surface area contributed by atoms with Crippen LogP contribution in [0, 0.1) is 0 Å². The minimum Gasteiger partial charge on any atom is -0.324 e. The molecule has 9 rings (SSSR count). The highest BCUT2D eigenvalue weighted by molar-refractivity contribution is 6.06. The molecule has 8 bridgehead atoms. The van der Waals surface area contributed by atoms with Gasteiger partial charge in [0.25, 0.3) is 0 Å². The zero-order valence-electron chi connectivity index (χ0n) is 21.3. The first-order chi connectivity index (χ1) is 19.8. The van der Waals surface area contributed by atoms with Crippen LogP contribution in [0.25, 0.3) is 89.7 Å². The molecule has 0 fully saturated rings. The summed E-state index contributed by atoms with van der Waals surface area (Å²) in [6, 6.07) is 32.2. The second kappa shape index (κ2) is 8.77. The molecule has 2 aliphatic heterocycles. The van der Waals surface area contributed by atoms with E-state index in [1.165, 1.54) is 0 Å². The van der Waals surface area contributed by atoms with Crippen LogP contribution in [0.2, 0.25) is 0 Å². The molecule has 0 unspecified atom stereocenters. The number of hydrogen-bond acceptors (Lipinski definition) is 6. The molecule has 0 radical (unpaired) electrons. The van der Waals surface area contributed by atoms with Gasteiger partial charge in [0.2, 0.25) is 0 Å². The van der Waals surface area contributed by atoms with Gasteiger partial charge in [0, 0.05) is 43.8 Å². The molecule has 7 aromatic rings. The molecule has 41 heavy (non-hydrogen) atoms. The lowest BCUT2D eigenvalue weighted by atomic mass is 10.1. The number of aromatic amines is 2. The average molecular weight is 551 g/mol. The zero-order valence-corrected chi connectivity index (χ0v) is 22.1. The van der Waals surface area contributed by atoms with Gasteiger partial charge in [-0.2, -0.15) is 0 Å². The minimum atomic E-state index is 0. The van der Waals surface area contributed by atoms with Crippen molar-refractivity contribution in [1.82, 2.24) is 39.9 Å². The van der Waals surface area contributed by atoms with Crippen LogP contribution in [-0.4, -0.2) is 39.9 Å². The summed E-state index contributed by atoms with van der Waals surface area (Å²) in [5, 5.41) is 3.82. The number of nitrogens with one attached hydrogen (secondary N) is 2. The van der Waals surface area contributed by atoms with Crippen molar-refractivity contribution in [3.8, 4) is 45.6 Å². The number of halogens is 1. The highest BCUT2D eigenvalue weighted by Crippen LogP contribution is 2.36. The van der Waals surface area contributed by atoms with Gasteiger partial charge in [0.1, 0.15) is 22.6 Å². The standard InChI is InChI=1S/C32H18N8.ClH/c1-2-10-18-17(9-1)25-33-26(18)38-28-21-13-5-6-14-22(21)30(35-28)40-32-24-16-8-7-15-23(24)31(36-32)39-29-20-12-4-3-11-19(20)27(34-29)37-25;/h1-16H,(H2,33,34,35,36,37,38,39,40);1H. The third-order valence-electron chi connectivity index (χ3n) is 7.46. The number of rotatable bonds is 0. The Morgan fingerprint density at radius 3 is 0.829 bits per heavy atom. The SMILES string of the molecule is Cl.c1ccc2c(c1)-c1nc-2nc2[nH]c(nc3nc(nc4[nH]c(n1)c1ccccc41)-c1ccccc1-3)c1ccccc21. The van der Waals surface area contributed by atoms with E-state index >= 15 is 0 Å². The van der Waals surface area contributed by atoms with Gasteiger partial charge in [-0.1, -0.05) is 97.1 Å². The topological polar surface area (TPSA) is 109 Å². The summed E-state index contributed by atoms with van der Waals surface area (Å²) in [5.74, 6) is 2.39. The van der Waals surface area contributed by atoms with Crippen LogP contribution in [0.4, 0.5) is 0 Å². The van der Waals surface area contributed by atoms with Crippen molar-refractivity contribution < 1.29 is 0 Å². The van der Waals surface area contributed by atoms with E-state index in [0.29, 0.717) is 45.9 Å². The summed E-state index contributed by atoms with van der Waals surface area (Å²) < 4.78 is 0. The van der Waals surface area contributed by atoms with Crippen molar-refractivity contribution in [2.24, 2.45) is 0 Å². The predicted molar refractivity (Wildman–Crippen MR) is 163 cm³/mol. The normalized spacial score (nSPS) is 11.7. The third-order valence-corrected chi connectivity index (χ3v) is 7.46. The van der Waals surface area contributed by atoms with Crippen LogP contribution in [-0.2, 0) is 0 Å². The molecule has 0 saturated carbocycles. The van der Waals surface area contributed by atoms with Crippen LogP contribution in [0.15, 0.2) is 97.1 Å². The smallest absolute Gasteiger partial charge is 0.164 e. The predicted octanol–water partition coefficient (Wildman–Crippen LogP) is 7.29. The number of aromatic nitrogens is 8. The maximum absolute atomic E-state index is 5.02. The lowest BCUT2D eigenvalue weighted by molar-refractivity contribution is 1.19. The van der Waals surface area contributed by atoms with Gasteiger partial charge in [-0.25, -0.2) is 29.9 Å². The Bertz CT molecular complexity index is 2030. The lowest BCUT2D eigenvalue weighted by Crippen LogP contribution is -1.82. The maximum Gasteiger partial charge on any atom is 0.164 e. The van der Waals surface area contributed by atoms with E-state index in [1.54, 1.807) is 0 Å². The molecule has 194 valence electrons. The highest BCUT2D eigenvalue weighted by atomic mass is 35.5. The van der Waals surface area contributed by atoms with Crippen molar-refractivity contribution in [1.29, 1.82) is 0 Å². The first-order valence-electron chi connectivity index (χ1n) is 13.0. The van der Waals surface area contributed by atoms with Gasteiger partial charge in [-0.15, -0.1) is 12.4 Å². The van der Waals surface area contributed by atoms with Crippen LogP contribution in [0.3, 0.4) is 0 Å². The Labute approximate surface area is 238 Å². The molecule has 4 aromatic carbocycles. The van der Waals surface area contributed by atoms with Crippen LogP contribution < -0.4 is 0 Å². The molecule has 0 atom stereocenters. The summed E-state index contributed by atoms with van der Waals surface area (Å²) in [4.78, 5) is 36.8. The number of hydrogen-bond donors (Lipinski definition) is 2. The molecular weight excluding hydrogens is 532 g/mol. The monoisotopic (exact) mass is 550 g/mol. The second-order valence-electron chi connectivity index (χ2n) is 9.79. The van der Waals surface area contributed by atoms with Crippen molar-refractivity contribution in [2.75, 3.05) is 0 Å². The summed E-state index contributed by atoms with van der Waals surface area (Å²) in [7, 11) is 0. The quantitative estimate of drug-likeness (QED) is 0.205. The van der Waals surface area contributed by atoms with Gasteiger partial charge < -0.3 is 9.97 Å². The first-order valence-corrected chi connectivity index (χ1v) is 13.0. The Morgan fingerprint density at radius 1 is 0.317 bits per heavy atom. The number of fused-ring (bicyclic) bond motifs is 20. The molecule has 2 N–H and O–H groups in total. The highest BCUT2D eigenvalue weighted by Gasteiger charge is 2.21. The molecule has 8 nitrogen and oxygen atoms in total. The van der Waals surface area contributed by atoms with Gasteiger partial charge in [0.15, 0.2) is 23.3 Å².